The summed E-state index contributed by atoms with van der Waals surface area (Å²) in [5.74, 6) is 0.767. The van der Waals surface area contributed by atoms with E-state index in [1.54, 1.807) is 11.9 Å². The quantitative estimate of drug-likeness (QED) is 0.595. The minimum Gasteiger partial charge on any atom is -0.450 e. The van der Waals surface area contributed by atoms with Crippen LogP contribution < -0.4 is 10.6 Å². The van der Waals surface area contributed by atoms with E-state index < -0.39 is 0 Å². The molecule has 1 heterocycles. The molecular weight excluding hydrogens is 358 g/mol. The van der Waals surface area contributed by atoms with Crippen molar-refractivity contribution in [3.8, 4) is 0 Å². The van der Waals surface area contributed by atoms with Crippen LogP contribution in [0.15, 0.2) is 29.3 Å². The van der Waals surface area contributed by atoms with E-state index in [1.165, 1.54) is 0 Å². The normalized spacial score (nSPS) is 14.8. The molecule has 0 unspecified atom stereocenters. The molecule has 1 aliphatic heterocycles. The second kappa shape index (κ2) is 10.5. The highest BCUT2D eigenvalue weighted by atomic mass is 16.6. The van der Waals surface area contributed by atoms with Crippen LogP contribution in [-0.4, -0.2) is 67.6 Å². The van der Waals surface area contributed by atoms with Crippen LogP contribution in [-0.2, 0) is 16.1 Å². The van der Waals surface area contributed by atoms with Crippen molar-refractivity contribution < 1.29 is 14.3 Å². The second-order valence-corrected chi connectivity index (χ2v) is 6.91. The molecule has 0 spiro atoms. The highest BCUT2D eigenvalue weighted by Gasteiger charge is 2.23. The van der Waals surface area contributed by atoms with Crippen LogP contribution in [0.1, 0.15) is 26.3 Å². The van der Waals surface area contributed by atoms with E-state index in [2.05, 4.69) is 20.5 Å². The number of carbonyl (C=O) groups is 2. The van der Waals surface area contributed by atoms with Gasteiger partial charge in [-0.3, -0.25) is 9.79 Å². The molecule has 2 N–H and O–H groups in total. The number of amides is 2. The number of anilines is 1. The number of nitrogens with one attached hydrogen (secondary N) is 2. The zero-order valence-electron chi connectivity index (χ0n) is 17.2. The standard InChI is InChI=1S/C20H31N5O3/c1-5-28-20(27)25-12-10-24(11-13-25)19(21-4)22-14-16-6-8-17(9-7-16)23-18(26)15(2)3/h6-9,15H,5,10-14H2,1-4H3,(H,21,22)(H,23,26). The predicted molar refractivity (Wildman–Crippen MR) is 110 cm³/mol. The monoisotopic (exact) mass is 389 g/mol. The Balaban J connectivity index is 1.83. The number of hydrogen-bond acceptors (Lipinski definition) is 4. The average molecular weight is 390 g/mol. The Morgan fingerprint density at radius 1 is 1.11 bits per heavy atom. The van der Waals surface area contributed by atoms with Crippen molar-refractivity contribution in [3.05, 3.63) is 29.8 Å². The number of carbonyl (C=O) groups excluding carboxylic acids is 2. The van der Waals surface area contributed by atoms with Crippen molar-refractivity contribution in [2.75, 3.05) is 45.2 Å². The molecule has 154 valence electrons. The largest absolute Gasteiger partial charge is 0.450 e. The smallest absolute Gasteiger partial charge is 0.409 e. The third kappa shape index (κ3) is 6.14. The first-order chi connectivity index (χ1) is 13.4. The molecule has 2 rings (SSSR count). The molecule has 8 nitrogen and oxygen atoms in total. The first-order valence-electron chi connectivity index (χ1n) is 9.71. The van der Waals surface area contributed by atoms with Gasteiger partial charge in [-0.25, -0.2) is 4.79 Å². The molecule has 0 aliphatic carbocycles. The van der Waals surface area contributed by atoms with Gasteiger partial charge in [-0.15, -0.1) is 0 Å². The Kier molecular flexibility index (Phi) is 8.10. The zero-order chi connectivity index (χ0) is 20.5. The molecule has 1 fully saturated rings. The van der Waals surface area contributed by atoms with E-state index in [0.717, 1.165) is 17.2 Å². The van der Waals surface area contributed by atoms with E-state index >= 15 is 0 Å². The summed E-state index contributed by atoms with van der Waals surface area (Å²) >= 11 is 0. The van der Waals surface area contributed by atoms with Gasteiger partial charge in [0.1, 0.15) is 0 Å². The van der Waals surface area contributed by atoms with Gasteiger partial charge in [0.15, 0.2) is 5.96 Å². The lowest BCUT2D eigenvalue weighted by molar-refractivity contribution is -0.118. The van der Waals surface area contributed by atoms with Gasteiger partial charge in [0, 0.05) is 51.4 Å². The van der Waals surface area contributed by atoms with Gasteiger partial charge in [-0.05, 0) is 24.6 Å². The van der Waals surface area contributed by atoms with Gasteiger partial charge in [-0.1, -0.05) is 26.0 Å². The summed E-state index contributed by atoms with van der Waals surface area (Å²) in [6, 6.07) is 7.76. The molecule has 0 atom stereocenters. The Morgan fingerprint density at radius 3 is 2.25 bits per heavy atom. The molecule has 0 saturated carbocycles. The fraction of sp³-hybridized carbons (Fsp3) is 0.550. The number of piperazine rings is 1. The summed E-state index contributed by atoms with van der Waals surface area (Å²) in [6.07, 6.45) is -0.255. The first kappa shape index (κ1) is 21.5. The lowest BCUT2D eigenvalue weighted by atomic mass is 10.1. The van der Waals surface area contributed by atoms with Crippen LogP contribution in [0.3, 0.4) is 0 Å². The Labute approximate surface area is 166 Å². The van der Waals surface area contributed by atoms with Crippen molar-refractivity contribution >= 4 is 23.6 Å². The van der Waals surface area contributed by atoms with Crippen LogP contribution in [0.25, 0.3) is 0 Å². The SMILES string of the molecule is CCOC(=O)N1CCN(C(=NC)NCc2ccc(NC(=O)C(C)C)cc2)CC1. The van der Waals surface area contributed by atoms with Gasteiger partial charge in [0.25, 0.3) is 0 Å². The van der Waals surface area contributed by atoms with E-state index in [-0.39, 0.29) is 17.9 Å². The highest BCUT2D eigenvalue weighted by molar-refractivity contribution is 5.92. The van der Waals surface area contributed by atoms with E-state index in [9.17, 15) is 9.59 Å². The molecule has 1 aromatic carbocycles. The number of rotatable bonds is 5. The molecule has 8 heteroatoms. The molecular formula is C20H31N5O3. The van der Waals surface area contributed by atoms with Gasteiger partial charge < -0.3 is 25.2 Å². The number of aliphatic imine (C=N–C) groups is 1. The predicted octanol–water partition coefficient (Wildman–Crippen LogP) is 2.13. The minimum absolute atomic E-state index is 0.00763. The third-order valence-electron chi connectivity index (χ3n) is 4.51. The van der Waals surface area contributed by atoms with Gasteiger partial charge in [0.2, 0.25) is 5.91 Å². The summed E-state index contributed by atoms with van der Waals surface area (Å²) in [6.45, 7) is 9.21. The average Bonchev–Trinajstić information content (AvgIpc) is 2.70. The lowest BCUT2D eigenvalue weighted by Crippen LogP contribution is -2.53. The minimum atomic E-state index is -0.255. The lowest BCUT2D eigenvalue weighted by Gasteiger charge is -2.35. The Bertz CT molecular complexity index is 680. The van der Waals surface area contributed by atoms with Crippen LogP contribution in [0.4, 0.5) is 10.5 Å². The van der Waals surface area contributed by atoms with Crippen molar-refractivity contribution in [2.45, 2.75) is 27.3 Å². The van der Waals surface area contributed by atoms with E-state index in [1.807, 2.05) is 45.0 Å². The van der Waals surface area contributed by atoms with Crippen LogP contribution in [0.5, 0.6) is 0 Å². The molecule has 28 heavy (non-hydrogen) atoms. The molecule has 1 saturated heterocycles. The molecule has 2 amide bonds. The van der Waals surface area contributed by atoms with Crippen molar-refractivity contribution in [1.29, 1.82) is 0 Å². The Hall–Kier alpha value is -2.77. The number of guanidine groups is 1. The maximum atomic E-state index is 11.8. The summed E-state index contributed by atoms with van der Waals surface area (Å²) in [4.78, 5) is 31.8. The maximum absolute atomic E-state index is 11.8. The number of hydrogen-bond donors (Lipinski definition) is 2. The number of benzene rings is 1. The van der Waals surface area contributed by atoms with Crippen LogP contribution >= 0.6 is 0 Å². The second-order valence-electron chi connectivity index (χ2n) is 6.91. The molecule has 0 radical (unpaired) electrons. The van der Waals surface area contributed by atoms with E-state index in [0.29, 0.717) is 39.3 Å². The topological polar surface area (TPSA) is 86.3 Å². The van der Waals surface area contributed by atoms with E-state index in [4.69, 9.17) is 4.74 Å². The first-order valence-corrected chi connectivity index (χ1v) is 9.71. The van der Waals surface area contributed by atoms with Crippen molar-refractivity contribution in [1.82, 2.24) is 15.1 Å². The molecule has 1 aromatic rings. The molecule has 1 aliphatic rings. The van der Waals surface area contributed by atoms with Crippen molar-refractivity contribution in [3.63, 3.8) is 0 Å². The number of nitrogens with zero attached hydrogens (tertiary/aromatic N) is 3. The fourth-order valence-electron chi connectivity index (χ4n) is 2.82. The summed E-state index contributed by atoms with van der Waals surface area (Å²) in [5, 5.41) is 6.24. The molecule has 0 aromatic heterocycles. The third-order valence-corrected chi connectivity index (χ3v) is 4.51. The summed E-state index contributed by atoms with van der Waals surface area (Å²) in [7, 11) is 1.75. The van der Waals surface area contributed by atoms with Gasteiger partial charge in [0.05, 0.1) is 6.61 Å². The van der Waals surface area contributed by atoms with Gasteiger partial charge in [-0.2, -0.15) is 0 Å². The van der Waals surface area contributed by atoms with Gasteiger partial charge >= 0.3 is 6.09 Å². The van der Waals surface area contributed by atoms with Crippen molar-refractivity contribution in [2.24, 2.45) is 10.9 Å². The summed E-state index contributed by atoms with van der Waals surface area (Å²) < 4.78 is 5.05. The maximum Gasteiger partial charge on any atom is 0.409 e. The molecule has 0 bridgehead atoms. The zero-order valence-corrected chi connectivity index (χ0v) is 17.2. The van der Waals surface area contributed by atoms with Crippen LogP contribution in [0.2, 0.25) is 0 Å². The Morgan fingerprint density at radius 2 is 1.71 bits per heavy atom. The summed E-state index contributed by atoms with van der Waals surface area (Å²) in [5.41, 5.74) is 1.88. The van der Waals surface area contributed by atoms with Crippen LogP contribution in [0, 0.1) is 5.92 Å². The number of ether oxygens (including phenoxy) is 1. The fourth-order valence-corrected chi connectivity index (χ4v) is 2.82. The highest BCUT2D eigenvalue weighted by Crippen LogP contribution is 2.11.